The summed E-state index contributed by atoms with van der Waals surface area (Å²) in [5.41, 5.74) is -0.394. The van der Waals surface area contributed by atoms with Gasteiger partial charge in [-0.2, -0.15) is 0 Å². The summed E-state index contributed by atoms with van der Waals surface area (Å²) < 4.78 is 16.1. The molecule has 0 aromatic heterocycles. The second kappa shape index (κ2) is 13.0. The van der Waals surface area contributed by atoms with E-state index in [9.17, 15) is 19.2 Å². The first-order valence-corrected chi connectivity index (χ1v) is 12.9. The van der Waals surface area contributed by atoms with Gasteiger partial charge in [-0.1, -0.05) is 31.2 Å². The van der Waals surface area contributed by atoms with Gasteiger partial charge in [0.15, 0.2) is 5.78 Å². The minimum atomic E-state index is -0.728. The number of carbonyl (C=O) groups excluding carboxylic acids is 4. The number of amides is 2. The van der Waals surface area contributed by atoms with Gasteiger partial charge < -0.3 is 19.1 Å². The number of nitrogens with one attached hydrogen (secondary N) is 2. The Labute approximate surface area is 224 Å². The summed E-state index contributed by atoms with van der Waals surface area (Å²) in [5.74, 6) is -1.32. The second-order valence-corrected chi connectivity index (χ2v) is 11.5. The van der Waals surface area contributed by atoms with Crippen molar-refractivity contribution in [3.8, 4) is 0 Å². The Morgan fingerprint density at radius 2 is 1.47 bits per heavy atom. The Hall–Kier alpha value is -3.27. The molecule has 1 heterocycles. The normalized spacial score (nSPS) is 15.4. The predicted octanol–water partition coefficient (Wildman–Crippen LogP) is 4.09. The lowest BCUT2D eigenvalue weighted by molar-refractivity contribution is -0.163. The molecule has 1 aromatic rings. The van der Waals surface area contributed by atoms with Crippen LogP contribution >= 0.6 is 0 Å². The highest BCUT2D eigenvalue weighted by Crippen LogP contribution is 2.19. The van der Waals surface area contributed by atoms with Gasteiger partial charge in [0, 0.05) is 36.6 Å². The number of likely N-dealkylation sites (tertiary alicyclic amines) is 1. The topological polar surface area (TPSA) is 135 Å². The van der Waals surface area contributed by atoms with Crippen molar-refractivity contribution in [2.24, 2.45) is 5.92 Å². The molecule has 10 nitrogen and oxygen atoms in total. The number of ether oxygens (including phenoxy) is 3. The van der Waals surface area contributed by atoms with Gasteiger partial charge in [-0.05, 0) is 54.4 Å². The first-order valence-electron chi connectivity index (χ1n) is 12.9. The van der Waals surface area contributed by atoms with E-state index < -0.39 is 29.2 Å². The van der Waals surface area contributed by atoms with Crippen molar-refractivity contribution in [2.45, 2.75) is 85.0 Å². The number of nitrogens with zero attached hydrogens (tertiary/aromatic N) is 1. The molecular weight excluding hydrogens is 490 g/mol. The van der Waals surface area contributed by atoms with Gasteiger partial charge in [0.05, 0.1) is 6.10 Å². The maximum atomic E-state index is 12.9. The van der Waals surface area contributed by atoms with E-state index in [0.29, 0.717) is 37.1 Å². The van der Waals surface area contributed by atoms with E-state index in [4.69, 9.17) is 19.6 Å². The molecule has 38 heavy (non-hydrogen) atoms. The average Bonchev–Trinajstić information content (AvgIpc) is 2.80. The summed E-state index contributed by atoms with van der Waals surface area (Å²) in [4.78, 5) is 51.1. The van der Waals surface area contributed by atoms with Crippen molar-refractivity contribution in [1.29, 1.82) is 5.41 Å². The van der Waals surface area contributed by atoms with Crippen LogP contribution in [0.25, 0.3) is 0 Å². The summed E-state index contributed by atoms with van der Waals surface area (Å²) >= 11 is 0. The molecule has 2 N–H and O–H groups in total. The van der Waals surface area contributed by atoms with Crippen molar-refractivity contribution in [1.82, 2.24) is 10.2 Å². The van der Waals surface area contributed by atoms with E-state index in [-0.39, 0.29) is 36.7 Å². The minimum Gasteiger partial charge on any atom is -0.458 e. The number of rotatable bonds is 8. The van der Waals surface area contributed by atoms with Crippen LogP contribution in [0.5, 0.6) is 0 Å². The molecule has 1 aliphatic rings. The molecule has 1 fully saturated rings. The zero-order valence-electron chi connectivity index (χ0n) is 23.5. The highest BCUT2D eigenvalue weighted by molar-refractivity contribution is 6.05. The van der Waals surface area contributed by atoms with Gasteiger partial charge in [-0.15, -0.1) is 0 Å². The number of piperidine rings is 1. The van der Waals surface area contributed by atoms with E-state index in [0.717, 1.165) is 0 Å². The van der Waals surface area contributed by atoms with Gasteiger partial charge in [0.25, 0.3) is 0 Å². The molecule has 2 rings (SSSR count). The summed E-state index contributed by atoms with van der Waals surface area (Å²) in [6.45, 7) is 13.2. The average molecular weight is 532 g/mol. The number of ketones is 1. The maximum absolute atomic E-state index is 12.9. The fourth-order valence-electron chi connectivity index (χ4n) is 3.90. The first-order chi connectivity index (χ1) is 17.5. The molecule has 10 heteroatoms. The lowest BCUT2D eigenvalue weighted by Gasteiger charge is -2.33. The van der Waals surface area contributed by atoms with Crippen LogP contribution in [0.3, 0.4) is 0 Å². The van der Waals surface area contributed by atoms with Crippen molar-refractivity contribution in [3.63, 3.8) is 0 Å². The summed E-state index contributed by atoms with van der Waals surface area (Å²) in [5, 5.41) is 10.4. The first kappa shape index (κ1) is 31.0. The number of Topliss-reactive ketones (excluding diaryl/α,β-unsaturated/α-hetero) is 1. The van der Waals surface area contributed by atoms with Crippen LogP contribution in [0.2, 0.25) is 0 Å². The standard InChI is InChI=1S/C28H41N3O7/c1-18(25(34)31-14-12-21(13-15-31)36-17-23(33)37-27(2,3)4)16-22(32)19-8-10-20(11-9-19)24(29)30-26(35)38-28(5,6)7/h8-11,18,21H,12-17H2,1-7H3,(H2,29,30,35). The van der Waals surface area contributed by atoms with Gasteiger partial charge in [-0.25, -0.2) is 9.59 Å². The molecule has 0 aliphatic carbocycles. The molecule has 1 atom stereocenters. The van der Waals surface area contributed by atoms with Crippen LogP contribution in [0.15, 0.2) is 24.3 Å². The van der Waals surface area contributed by atoms with Crippen LogP contribution in [0.4, 0.5) is 4.79 Å². The Kier molecular flexibility index (Phi) is 10.6. The van der Waals surface area contributed by atoms with Crippen molar-refractivity contribution >= 4 is 29.6 Å². The van der Waals surface area contributed by atoms with E-state index >= 15 is 0 Å². The summed E-state index contributed by atoms with van der Waals surface area (Å²) in [7, 11) is 0. The fraction of sp³-hybridized carbons (Fsp3) is 0.607. The van der Waals surface area contributed by atoms with Crippen LogP contribution in [-0.2, 0) is 23.8 Å². The molecule has 0 radical (unpaired) electrons. The molecular formula is C28H41N3O7. The molecule has 0 saturated carbocycles. The van der Waals surface area contributed by atoms with E-state index in [2.05, 4.69) is 5.32 Å². The van der Waals surface area contributed by atoms with Crippen LogP contribution in [0.1, 0.15) is 83.7 Å². The maximum Gasteiger partial charge on any atom is 0.413 e. The highest BCUT2D eigenvalue weighted by Gasteiger charge is 2.28. The lowest BCUT2D eigenvalue weighted by Crippen LogP contribution is -2.44. The molecule has 1 aliphatic heterocycles. The number of carbonyl (C=O) groups is 4. The molecule has 2 amide bonds. The molecule has 1 aromatic carbocycles. The number of esters is 1. The molecule has 1 unspecified atom stereocenters. The zero-order valence-corrected chi connectivity index (χ0v) is 23.5. The van der Waals surface area contributed by atoms with E-state index in [1.165, 1.54) is 0 Å². The third kappa shape index (κ3) is 10.6. The summed E-state index contributed by atoms with van der Waals surface area (Å²) in [6, 6.07) is 6.30. The Morgan fingerprint density at radius 3 is 2.00 bits per heavy atom. The third-order valence-corrected chi connectivity index (χ3v) is 5.65. The number of alkyl carbamates (subject to hydrolysis) is 1. The number of hydrogen-bond donors (Lipinski definition) is 2. The van der Waals surface area contributed by atoms with Crippen molar-refractivity contribution in [3.05, 3.63) is 35.4 Å². The minimum absolute atomic E-state index is 0.0564. The SMILES string of the molecule is CC(CC(=O)c1ccc(C(=N)NC(=O)OC(C)(C)C)cc1)C(=O)N1CCC(OCC(=O)OC(C)(C)C)CC1. The number of amidine groups is 1. The zero-order chi connectivity index (χ0) is 28.7. The van der Waals surface area contributed by atoms with Gasteiger partial charge in [-0.3, -0.25) is 20.3 Å². The van der Waals surface area contributed by atoms with E-state index in [1.807, 2.05) is 0 Å². The number of benzene rings is 1. The van der Waals surface area contributed by atoms with Crippen LogP contribution < -0.4 is 5.32 Å². The summed E-state index contributed by atoms with van der Waals surface area (Å²) in [6.07, 6.45) is 0.431. The van der Waals surface area contributed by atoms with Gasteiger partial charge >= 0.3 is 12.1 Å². The van der Waals surface area contributed by atoms with Gasteiger partial charge in [0.2, 0.25) is 5.91 Å². The number of hydrogen-bond acceptors (Lipinski definition) is 8. The third-order valence-electron chi connectivity index (χ3n) is 5.65. The monoisotopic (exact) mass is 531 g/mol. The molecule has 210 valence electrons. The molecule has 0 bridgehead atoms. The Balaban J connectivity index is 1.80. The highest BCUT2D eigenvalue weighted by atomic mass is 16.6. The Morgan fingerprint density at radius 1 is 0.947 bits per heavy atom. The van der Waals surface area contributed by atoms with E-state index in [1.54, 1.807) is 77.6 Å². The van der Waals surface area contributed by atoms with Crippen LogP contribution in [0, 0.1) is 11.3 Å². The van der Waals surface area contributed by atoms with Gasteiger partial charge in [0.1, 0.15) is 23.6 Å². The lowest BCUT2D eigenvalue weighted by atomic mass is 9.96. The smallest absolute Gasteiger partial charge is 0.413 e. The fourth-order valence-corrected chi connectivity index (χ4v) is 3.90. The van der Waals surface area contributed by atoms with Crippen molar-refractivity contribution in [2.75, 3.05) is 19.7 Å². The largest absolute Gasteiger partial charge is 0.458 e. The molecule has 1 saturated heterocycles. The molecule has 0 spiro atoms. The van der Waals surface area contributed by atoms with Crippen molar-refractivity contribution < 1.29 is 33.4 Å². The second-order valence-electron chi connectivity index (χ2n) is 11.5. The Bertz CT molecular complexity index is 1010. The predicted molar refractivity (Wildman–Crippen MR) is 142 cm³/mol. The van der Waals surface area contributed by atoms with Crippen LogP contribution in [-0.4, -0.2) is 71.5 Å². The quantitative estimate of drug-likeness (QED) is 0.223.